The number of benzene rings is 1. The molecule has 296 valence electrons. The number of nitrogens with zero attached hydrogens (tertiary/aromatic N) is 6. The van der Waals surface area contributed by atoms with Crippen molar-refractivity contribution in [1.29, 1.82) is 0 Å². The van der Waals surface area contributed by atoms with Crippen LogP contribution in [0.25, 0.3) is 22.3 Å². The third kappa shape index (κ3) is 5.71. The number of nitrogens with one attached hydrogen (secondary N) is 2. The summed E-state index contributed by atoms with van der Waals surface area (Å²) in [6.07, 6.45) is 7.64. The Morgan fingerprint density at radius 1 is 0.982 bits per heavy atom. The topological polar surface area (TPSA) is 108 Å². The van der Waals surface area contributed by atoms with E-state index in [1.165, 1.54) is 32.6 Å². The van der Waals surface area contributed by atoms with Crippen molar-refractivity contribution in [3.05, 3.63) is 59.2 Å². The molecule has 2 N–H and O–H groups in total. The Balaban J connectivity index is 1.07. The van der Waals surface area contributed by atoms with Gasteiger partial charge in [-0.05, 0) is 123 Å². The number of carbonyl (C=O) groups excluding carboxylic acids is 2. The van der Waals surface area contributed by atoms with E-state index in [0.29, 0.717) is 33.4 Å². The number of halogens is 4. The number of rotatable bonds is 9. The van der Waals surface area contributed by atoms with E-state index < -0.39 is 34.9 Å². The Hall–Kier alpha value is -4.59. The number of aromatic nitrogens is 4. The molecule has 3 aromatic heterocycles. The van der Waals surface area contributed by atoms with E-state index in [-0.39, 0.29) is 59.0 Å². The average molecular weight is 773 g/mol. The van der Waals surface area contributed by atoms with E-state index in [0.717, 1.165) is 37.7 Å². The van der Waals surface area contributed by atoms with Gasteiger partial charge in [0.15, 0.2) is 17.5 Å². The van der Waals surface area contributed by atoms with Gasteiger partial charge in [-0.15, -0.1) is 0 Å². The van der Waals surface area contributed by atoms with Crippen LogP contribution in [-0.2, 0) is 10.2 Å². The Morgan fingerprint density at radius 3 is 2.38 bits per heavy atom. The van der Waals surface area contributed by atoms with Crippen molar-refractivity contribution in [2.45, 2.75) is 128 Å². The smallest absolute Gasteiger partial charge is 0.261 e. The summed E-state index contributed by atoms with van der Waals surface area (Å²) >= 11 is 0. The third-order valence-corrected chi connectivity index (χ3v) is 13.5. The summed E-state index contributed by atoms with van der Waals surface area (Å²) in [5.74, 6) is -3.28. The van der Waals surface area contributed by atoms with E-state index >= 15 is 8.78 Å². The lowest BCUT2D eigenvalue weighted by molar-refractivity contribution is -0.124. The standard InChI is InChI=1S/C42H48F4N8O2/c1-22(2)53-21-48-29-16-27(49-35(33(29)53)50-28-15-26(23(3)31(43)32(28)44)36(55)51-42(11-12-42)37(45)46)24-14-30-34(47-19-24)39(4,5)38(56)54(30)25-17-40(6,18-25)52-13-7-8-41(20-52)9-10-41/h14-16,19,21-22,25,37H,7-13,17-18,20H2,1-6H3,(H,49,50)(H,51,55). The first-order valence-corrected chi connectivity index (χ1v) is 19.8. The quantitative estimate of drug-likeness (QED) is 0.165. The number of carbonyl (C=O) groups is 2. The molecule has 1 spiro atoms. The molecule has 0 bridgehead atoms. The number of likely N-dealkylation sites (tertiary alicyclic amines) is 1. The summed E-state index contributed by atoms with van der Waals surface area (Å²) in [6.45, 7) is 13.5. The predicted octanol–water partition coefficient (Wildman–Crippen LogP) is 8.35. The Bertz CT molecular complexity index is 2310. The van der Waals surface area contributed by atoms with Crippen molar-refractivity contribution in [2.24, 2.45) is 5.41 Å². The van der Waals surface area contributed by atoms with Crippen LogP contribution < -0.4 is 15.5 Å². The van der Waals surface area contributed by atoms with Crippen LogP contribution in [0.5, 0.6) is 0 Å². The molecule has 56 heavy (non-hydrogen) atoms. The fraction of sp³-hybridized carbons (Fsp3) is 0.548. The zero-order valence-electron chi connectivity index (χ0n) is 32.7. The molecule has 1 aromatic carbocycles. The van der Waals surface area contributed by atoms with Gasteiger partial charge in [-0.3, -0.25) is 19.5 Å². The Kier molecular flexibility index (Phi) is 8.23. The molecular formula is C42H48F4N8O2. The van der Waals surface area contributed by atoms with Gasteiger partial charge in [0, 0.05) is 47.1 Å². The number of fused-ring (bicyclic) bond motifs is 2. The van der Waals surface area contributed by atoms with E-state index in [4.69, 9.17) is 9.97 Å². The van der Waals surface area contributed by atoms with Crippen LogP contribution in [0.3, 0.4) is 0 Å². The lowest BCUT2D eigenvalue weighted by atomic mass is 9.70. The molecule has 2 aliphatic heterocycles. The van der Waals surface area contributed by atoms with Crippen molar-refractivity contribution in [2.75, 3.05) is 23.3 Å². The highest BCUT2D eigenvalue weighted by Gasteiger charge is 2.57. The van der Waals surface area contributed by atoms with Crippen LogP contribution in [0.15, 0.2) is 30.7 Å². The second kappa shape index (κ2) is 12.5. The molecule has 14 heteroatoms. The highest BCUT2D eigenvalue weighted by atomic mass is 19.3. The number of alkyl halides is 2. The summed E-state index contributed by atoms with van der Waals surface area (Å²) in [5, 5.41) is 5.28. The zero-order chi connectivity index (χ0) is 39.7. The number of anilines is 3. The van der Waals surface area contributed by atoms with Gasteiger partial charge in [0.25, 0.3) is 12.3 Å². The molecule has 1 saturated heterocycles. The van der Waals surface area contributed by atoms with E-state index in [2.05, 4.69) is 27.4 Å². The summed E-state index contributed by atoms with van der Waals surface area (Å²) in [7, 11) is 0. The number of pyridine rings is 2. The highest BCUT2D eigenvalue weighted by molar-refractivity contribution is 6.08. The van der Waals surface area contributed by atoms with Crippen LogP contribution in [0.2, 0.25) is 0 Å². The van der Waals surface area contributed by atoms with Gasteiger partial charge in [0.2, 0.25) is 5.91 Å². The van der Waals surface area contributed by atoms with Gasteiger partial charge in [-0.1, -0.05) is 0 Å². The maximum absolute atomic E-state index is 15.7. The summed E-state index contributed by atoms with van der Waals surface area (Å²) in [6, 6.07) is 4.80. The number of amides is 2. The molecule has 5 heterocycles. The zero-order valence-corrected chi connectivity index (χ0v) is 32.7. The molecule has 3 saturated carbocycles. The molecule has 3 aliphatic carbocycles. The number of imidazole rings is 1. The molecule has 5 aliphatic rings. The van der Waals surface area contributed by atoms with Gasteiger partial charge in [0.05, 0.1) is 40.0 Å². The summed E-state index contributed by atoms with van der Waals surface area (Å²) in [5.41, 5.74) is 0.599. The maximum Gasteiger partial charge on any atom is 0.261 e. The highest BCUT2D eigenvalue weighted by Crippen LogP contribution is 2.56. The third-order valence-electron chi connectivity index (χ3n) is 13.5. The molecule has 10 nitrogen and oxygen atoms in total. The van der Waals surface area contributed by atoms with Crippen molar-refractivity contribution in [3.63, 3.8) is 0 Å². The fourth-order valence-electron chi connectivity index (χ4n) is 9.47. The van der Waals surface area contributed by atoms with E-state index in [9.17, 15) is 18.4 Å². The average Bonchev–Trinajstić information content (AvgIpc) is 4.04. The number of hydrogen-bond acceptors (Lipinski definition) is 7. The Labute approximate surface area is 323 Å². The lowest BCUT2D eigenvalue weighted by Gasteiger charge is -2.56. The van der Waals surface area contributed by atoms with Crippen molar-refractivity contribution in [3.8, 4) is 11.3 Å². The molecule has 0 atom stereocenters. The van der Waals surface area contributed by atoms with Gasteiger partial charge in [0.1, 0.15) is 11.1 Å². The van der Waals surface area contributed by atoms with Crippen LogP contribution in [0, 0.1) is 24.0 Å². The summed E-state index contributed by atoms with van der Waals surface area (Å²) in [4.78, 5) is 46.4. The second-order valence-corrected chi connectivity index (χ2v) is 18.2. The van der Waals surface area contributed by atoms with Gasteiger partial charge in [-0.25, -0.2) is 27.5 Å². The SMILES string of the molecule is Cc1c(C(=O)NC2(C(F)F)CC2)cc(Nc2nc(-c3cnc4c(c3)N(C3CC(C)(N5CCCC6(CC6)C5)C3)C(=O)C4(C)C)cc3ncn(C(C)C)c23)c(F)c1F. The van der Waals surface area contributed by atoms with E-state index in [1.54, 1.807) is 18.6 Å². The van der Waals surface area contributed by atoms with Crippen molar-refractivity contribution >= 4 is 40.0 Å². The van der Waals surface area contributed by atoms with Crippen LogP contribution >= 0.6 is 0 Å². The number of hydrogen-bond donors (Lipinski definition) is 2. The molecule has 2 amide bonds. The molecule has 0 unspecified atom stereocenters. The molecular weight excluding hydrogens is 725 g/mol. The molecule has 4 fully saturated rings. The first-order chi connectivity index (χ1) is 26.5. The fourth-order valence-corrected chi connectivity index (χ4v) is 9.47. The minimum absolute atomic E-state index is 0.0146. The van der Waals surface area contributed by atoms with Gasteiger partial charge < -0.3 is 20.1 Å². The first kappa shape index (κ1) is 37.0. The normalized spacial score (nSPS) is 24.5. The molecule has 0 radical (unpaired) electrons. The monoisotopic (exact) mass is 772 g/mol. The number of piperidine rings is 1. The van der Waals surface area contributed by atoms with E-state index in [1.807, 2.05) is 43.2 Å². The minimum Gasteiger partial charge on any atom is -0.341 e. The first-order valence-electron chi connectivity index (χ1n) is 19.8. The van der Waals surface area contributed by atoms with Crippen LogP contribution in [0.4, 0.5) is 34.8 Å². The van der Waals surface area contributed by atoms with Crippen LogP contribution in [0.1, 0.15) is 114 Å². The van der Waals surface area contributed by atoms with Gasteiger partial charge in [-0.2, -0.15) is 0 Å². The Morgan fingerprint density at radius 2 is 1.71 bits per heavy atom. The molecule has 4 aromatic rings. The van der Waals surface area contributed by atoms with Crippen molar-refractivity contribution in [1.82, 2.24) is 29.7 Å². The minimum atomic E-state index is -2.79. The van der Waals surface area contributed by atoms with Gasteiger partial charge >= 0.3 is 0 Å². The maximum atomic E-state index is 15.7. The summed E-state index contributed by atoms with van der Waals surface area (Å²) < 4.78 is 60.4. The largest absolute Gasteiger partial charge is 0.341 e. The lowest BCUT2D eigenvalue weighted by Crippen LogP contribution is -2.64. The second-order valence-electron chi connectivity index (χ2n) is 18.2. The predicted molar refractivity (Wildman–Crippen MR) is 205 cm³/mol. The molecule has 9 rings (SSSR count). The van der Waals surface area contributed by atoms with Crippen molar-refractivity contribution < 1.29 is 27.2 Å². The van der Waals surface area contributed by atoms with Crippen LogP contribution in [-0.4, -0.2) is 72.9 Å².